The van der Waals surface area contributed by atoms with Crippen molar-refractivity contribution in [1.82, 2.24) is 0 Å². The number of carbonyl (C=O) groups is 1. The highest BCUT2D eigenvalue weighted by Crippen LogP contribution is 2.16. The third-order valence-corrected chi connectivity index (χ3v) is 2.77. The Kier molecular flexibility index (Phi) is 6.39. The molecule has 0 aromatic heterocycles. The van der Waals surface area contributed by atoms with Crippen LogP contribution in [0.25, 0.3) is 0 Å². The van der Waals surface area contributed by atoms with E-state index in [2.05, 4.69) is 0 Å². The molecule has 1 aromatic carbocycles. The number of anilines is 1. The van der Waals surface area contributed by atoms with Gasteiger partial charge in [-0.2, -0.15) is 0 Å². The molecular weight excluding hydrogens is 230 g/mol. The lowest BCUT2D eigenvalue weighted by atomic mass is 10.1. The van der Waals surface area contributed by atoms with E-state index < -0.39 is 0 Å². The van der Waals surface area contributed by atoms with Gasteiger partial charge in [-0.3, -0.25) is 4.79 Å². The predicted molar refractivity (Wildman–Crippen MR) is 72.1 cm³/mol. The van der Waals surface area contributed by atoms with Crippen LogP contribution < -0.4 is 4.90 Å². The third kappa shape index (κ3) is 4.13. The molecule has 4 nitrogen and oxygen atoms in total. The Bertz CT molecular complexity index is 356. The molecule has 0 bridgehead atoms. The Balaban J connectivity index is 2.76. The largest absolute Gasteiger partial charge is 0.395 e. The van der Waals surface area contributed by atoms with Gasteiger partial charge < -0.3 is 15.1 Å². The van der Waals surface area contributed by atoms with Gasteiger partial charge in [-0.05, 0) is 30.7 Å². The maximum Gasteiger partial charge on any atom is 0.162 e. The second-order valence-electron chi connectivity index (χ2n) is 4.15. The molecule has 0 radical (unpaired) electrons. The predicted octanol–water partition coefficient (Wildman–Crippen LogP) is 1.46. The van der Waals surface area contributed by atoms with Crippen LogP contribution in [0.1, 0.15) is 30.1 Å². The zero-order valence-corrected chi connectivity index (χ0v) is 10.8. The van der Waals surface area contributed by atoms with Gasteiger partial charge in [0.05, 0.1) is 13.2 Å². The van der Waals surface area contributed by atoms with Crippen LogP contribution in [0.5, 0.6) is 0 Å². The van der Waals surface area contributed by atoms with Crippen LogP contribution in [0.2, 0.25) is 0 Å². The maximum absolute atomic E-state index is 11.7. The molecule has 1 rings (SSSR count). The summed E-state index contributed by atoms with van der Waals surface area (Å²) >= 11 is 0. The Hall–Kier alpha value is -1.39. The molecule has 4 heteroatoms. The number of hydrogen-bond acceptors (Lipinski definition) is 4. The van der Waals surface area contributed by atoms with Crippen molar-refractivity contribution < 1.29 is 15.0 Å². The third-order valence-electron chi connectivity index (χ3n) is 2.77. The summed E-state index contributed by atoms with van der Waals surface area (Å²) in [5.41, 5.74) is 1.62. The SMILES string of the molecule is CCCC(=O)c1ccc(N(CCO)CCO)cc1. The summed E-state index contributed by atoms with van der Waals surface area (Å²) < 4.78 is 0. The number of Topliss-reactive ketones (excluding diaryl/α,β-unsaturated/α-hetero) is 1. The topological polar surface area (TPSA) is 60.8 Å². The van der Waals surface area contributed by atoms with Crippen molar-refractivity contribution in [1.29, 1.82) is 0 Å². The minimum atomic E-state index is 0.0382. The first-order valence-electron chi connectivity index (χ1n) is 6.32. The molecule has 0 saturated carbocycles. The first-order chi connectivity index (χ1) is 8.72. The van der Waals surface area contributed by atoms with Gasteiger partial charge in [-0.15, -0.1) is 0 Å². The van der Waals surface area contributed by atoms with E-state index >= 15 is 0 Å². The Morgan fingerprint density at radius 3 is 2.11 bits per heavy atom. The van der Waals surface area contributed by atoms with Crippen molar-refractivity contribution in [2.75, 3.05) is 31.2 Å². The summed E-state index contributed by atoms with van der Waals surface area (Å²) in [5.74, 6) is 0.153. The van der Waals surface area contributed by atoms with Crippen LogP contribution in [0, 0.1) is 0 Å². The van der Waals surface area contributed by atoms with E-state index in [1.807, 2.05) is 24.0 Å². The number of nitrogens with zero attached hydrogens (tertiary/aromatic N) is 1. The van der Waals surface area contributed by atoms with Gasteiger partial charge in [0.2, 0.25) is 0 Å². The molecule has 0 unspecified atom stereocenters. The molecule has 100 valence electrons. The quantitative estimate of drug-likeness (QED) is 0.687. The number of aliphatic hydroxyl groups is 2. The van der Waals surface area contributed by atoms with Gasteiger partial charge in [0.15, 0.2) is 5.78 Å². The molecule has 0 aliphatic rings. The molecule has 1 aromatic rings. The summed E-state index contributed by atoms with van der Waals surface area (Å²) in [5, 5.41) is 17.9. The fourth-order valence-corrected chi connectivity index (χ4v) is 1.84. The van der Waals surface area contributed by atoms with Crippen molar-refractivity contribution in [3.05, 3.63) is 29.8 Å². The molecule has 0 atom stereocenters. The van der Waals surface area contributed by atoms with E-state index in [9.17, 15) is 4.79 Å². The first-order valence-corrected chi connectivity index (χ1v) is 6.32. The van der Waals surface area contributed by atoms with E-state index in [1.165, 1.54) is 0 Å². The van der Waals surface area contributed by atoms with Crippen molar-refractivity contribution in [3.8, 4) is 0 Å². The summed E-state index contributed by atoms with van der Waals surface area (Å²) in [4.78, 5) is 13.6. The van der Waals surface area contributed by atoms with Crippen LogP contribution >= 0.6 is 0 Å². The van der Waals surface area contributed by atoms with Crippen LogP contribution in [0.4, 0.5) is 5.69 Å². The molecule has 0 heterocycles. The van der Waals surface area contributed by atoms with Gasteiger partial charge in [0, 0.05) is 30.8 Å². The number of hydrogen-bond donors (Lipinski definition) is 2. The summed E-state index contributed by atoms with van der Waals surface area (Å²) in [7, 11) is 0. The second kappa shape index (κ2) is 7.84. The Morgan fingerprint density at radius 1 is 1.11 bits per heavy atom. The lowest BCUT2D eigenvalue weighted by Crippen LogP contribution is -2.29. The average Bonchev–Trinajstić information content (AvgIpc) is 2.39. The standard InChI is InChI=1S/C14H21NO3/c1-2-3-14(18)12-4-6-13(7-5-12)15(8-10-16)9-11-17/h4-7,16-17H,2-3,8-11H2,1H3. The highest BCUT2D eigenvalue weighted by Gasteiger charge is 2.08. The number of ketones is 1. The second-order valence-corrected chi connectivity index (χ2v) is 4.15. The summed E-state index contributed by atoms with van der Waals surface area (Å²) in [6.07, 6.45) is 1.41. The van der Waals surface area contributed by atoms with Crippen molar-refractivity contribution in [2.24, 2.45) is 0 Å². The fourth-order valence-electron chi connectivity index (χ4n) is 1.84. The lowest BCUT2D eigenvalue weighted by Gasteiger charge is -2.23. The van der Waals surface area contributed by atoms with Gasteiger partial charge in [-0.1, -0.05) is 6.92 Å². The normalized spacial score (nSPS) is 10.4. The number of benzene rings is 1. The first kappa shape index (κ1) is 14.7. The van der Waals surface area contributed by atoms with Crippen molar-refractivity contribution in [2.45, 2.75) is 19.8 Å². The maximum atomic E-state index is 11.7. The van der Waals surface area contributed by atoms with Crippen LogP contribution in [0.15, 0.2) is 24.3 Å². The molecule has 0 aliphatic carbocycles. The van der Waals surface area contributed by atoms with Gasteiger partial charge in [0.25, 0.3) is 0 Å². The van der Waals surface area contributed by atoms with Crippen molar-refractivity contribution in [3.63, 3.8) is 0 Å². The smallest absolute Gasteiger partial charge is 0.162 e. The van der Waals surface area contributed by atoms with E-state index in [0.29, 0.717) is 25.1 Å². The Morgan fingerprint density at radius 2 is 1.67 bits per heavy atom. The average molecular weight is 251 g/mol. The van der Waals surface area contributed by atoms with E-state index in [-0.39, 0.29) is 19.0 Å². The fraction of sp³-hybridized carbons (Fsp3) is 0.500. The molecule has 0 amide bonds. The minimum Gasteiger partial charge on any atom is -0.395 e. The summed E-state index contributed by atoms with van der Waals surface area (Å²) in [6, 6.07) is 7.31. The number of aliphatic hydroxyl groups excluding tert-OH is 2. The lowest BCUT2D eigenvalue weighted by molar-refractivity contribution is 0.0981. The van der Waals surface area contributed by atoms with Crippen LogP contribution in [-0.4, -0.2) is 42.3 Å². The highest BCUT2D eigenvalue weighted by atomic mass is 16.3. The minimum absolute atomic E-state index is 0.0382. The molecule has 2 N–H and O–H groups in total. The number of carbonyl (C=O) groups excluding carboxylic acids is 1. The zero-order valence-electron chi connectivity index (χ0n) is 10.8. The van der Waals surface area contributed by atoms with E-state index in [1.54, 1.807) is 12.1 Å². The number of rotatable bonds is 8. The van der Waals surface area contributed by atoms with Crippen LogP contribution in [0.3, 0.4) is 0 Å². The van der Waals surface area contributed by atoms with Gasteiger partial charge >= 0.3 is 0 Å². The van der Waals surface area contributed by atoms with Crippen molar-refractivity contribution >= 4 is 11.5 Å². The van der Waals surface area contributed by atoms with E-state index in [0.717, 1.165) is 12.1 Å². The molecule has 0 fully saturated rings. The monoisotopic (exact) mass is 251 g/mol. The molecular formula is C14H21NO3. The highest BCUT2D eigenvalue weighted by molar-refractivity contribution is 5.96. The van der Waals surface area contributed by atoms with E-state index in [4.69, 9.17) is 10.2 Å². The molecule has 0 saturated heterocycles. The zero-order chi connectivity index (χ0) is 13.4. The molecule has 18 heavy (non-hydrogen) atoms. The summed E-state index contributed by atoms with van der Waals surface area (Å²) in [6.45, 7) is 3.01. The molecule has 0 aliphatic heterocycles. The van der Waals surface area contributed by atoms with Gasteiger partial charge in [-0.25, -0.2) is 0 Å². The van der Waals surface area contributed by atoms with Crippen LogP contribution in [-0.2, 0) is 0 Å². The molecule has 0 spiro atoms. The Labute approximate surface area is 108 Å². The van der Waals surface area contributed by atoms with Gasteiger partial charge in [0.1, 0.15) is 0 Å².